The normalized spacial score (nSPS) is 12.5. The summed E-state index contributed by atoms with van der Waals surface area (Å²) in [6, 6.07) is 9.17. The second-order valence-electron chi connectivity index (χ2n) is 5.61. The number of halogens is 1. The van der Waals surface area contributed by atoms with E-state index in [1.807, 2.05) is 0 Å². The molecule has 2 rings (SSSR count). The van der Waals surface area contributed by atoms with E-state index in [9.17, 15) is 9.50 Å². The van der Waals surface area contributed by atoms with Gasteiger partial charge < -0.3 is 5.11 Å². The topological polar surface area (TPSA) is 20.2 Å². The smallest absolute Gasteiger partial charge is 0.126 e. The molecule has 0 aliphatic rings. The summed E-state index contributed by atoms with van der Waals surface area (Å²) < 4.78 is 13.6. The molecule has 2 heteroatoms. The summed E-state index contributed by atoms with van der Waals surface area (Å²) in [7, 11) is 0. The van der Waals surface area contributed by atoms with Crippen molar-refractivity contribution >= 4 is 0 Å². The fourth-order valence-electron chi connectivity index (χ4n) is 2.66. The van der Waals surface area contributed by atoms with E-state index >= 15 is 0 Å². The molecular formula is C18H21FO. The van der Waals surface area contributed by atoms with Crippen LogP contribution >= 0.6 is 0 Å². The summed E-state index contributed by atoms with van der Waals surface area (Å²) in [6.07, 6.45) is -0.161. The first-order valence-electron chi connectivity index (χ1n) is 6.89. The summed E-state index contributed by atoms with van der Waals surface area (Å²) in [4.78, 5) is 0. The summed E-state index contributed by atoms with van der Waals surface area (Å²) in [5, 5.41) is 10.3. The van der Waals surface area contributed by atoms with Crippen LogP contribution in [-0.4, -0.2) is 5.11 Å². The molecule has 0 aliphatic heterocycles. The maximum absolute atomic E-state index is 13.6. The molecule has 0 saturated carbocycles. The fourth-order valence-corrected chi connectivity index (χ4v) is 2.66. The first-order chi connectivity index (χ1) is 9.38. The lowest BCUT2D eigenvalue weighted by atomic mass is 9.93. The van der Waals surface area contributed by atoms with Crippen LogP contribution in [0.5, 0.6) is 0 Å². The Labute approximate surface area is 120 Å². The molecule has 0 aliphatic carbocycles. The molecule has 2 aromatic carbocycles. The molecule has 0 aromatic heterocycles. The van der Waals surface area contributed by atoms with E-state index in [4.69, 9.17) is 0 Å². The number of hydrogen-bond donors (Lipinski definition) is 1. The molecule has 0 radical (unpaired) electrons. The first kappa shape index (κ1) is 14.7. The van der Waals surface area contributed by atoms with E-state index in [0.29, 0.717) is 17.5 Å². The Kier molecular flexibility index (Phi) is 4.24. The lowest BCUT2D eigenvalue weighted by molar-refractivity contribution is 0.177. The molecular weight excluding hydrogens is 251 g/mol. The highest BCUT2D eigenvalue weighted by Crippen LogP contribution is 2.25. The SMILES string of the molecule is Cc1cc(C)c(CC(O)c2ccc(C)c(F)c2)c(C)c1. The molecule has 0 bridgehead atoms. The van der Waals surface area contributed by atoms with Gasteiger partial charge in [0.15, 0.2) is 0 Å². The van der Waals surface area contributed by atoms with Crippen LogP contribution in [0.2, 0.25) is 0 Å². The van der Waals surface area contributed by atoms with Crippen LogP contribution in [-0.2, 0) is 6.42 Å². The lowest BCUT2D eigenvalue weighted by Gasteiger charge is -2.16. The number of rotatable bonds is 3. The van der Waals surface area contributed by atoms with Crippen LogP contribution in [0.25, 0.3) is 0 Å². The third-order valence-corrected chi connectivity index (χ3v) is 3.82. The second-order valence-corrected chi connectivity index (χ2v) is 5.61. The van der Waals surface area contributed by atoms with Crippen molar-refractivity contribution in [1.82, 2.24) is 0 Å². The van der Waals surface area contributed by atoms with Gasteiger partial charge in [-0.1, -0.05) is 29.8 Å². The van der Waals surface area contributed by atoms with Crippen molar-refractivity contribution in [3.8, 4) is 0 Å². The van der Waals surface area contributed by atoms with Gasteiger partial charge in [-0.3, -0.25) is 0 Å². The lowest BCUT2D eigenvalue weighted by Crippen LogP contribution is -2.06. The van der Waals surface area contributed by atoms with Gasteiger partial charge in [-0.2, -0.15) is 0 Å². The highest BCUT2D eigenvalue weighted by molar-refractivity contribution is 5.38. The highest BCUT2D eigenvalue weighted by atomic mass is 19.1. The Morgan fingerprint density at radius 2 is 1.55 bits per heavy atom. The van der Waals surface area contributed by atoms with E-state index in [0.717, 1.165) is 5.56 Å². The van der Waals surface area contributed by atoms with Gasteiger partial charge in [-0.05, 0) is 61.6 Å². The van der Waals surface area contributed by atoms with E-state index < -0.39 is 6.10 Å². The zero-order valence-electron chi connectivity index (χ0n) is 12.5. The summed E-state index contributed by atoms with van der Waals surface area (Å²) in [5.41, 5.74) is 5.95. The van der Waals surface area contributed by atoms with E-state index in [-0.39, 0.29) is 5.82 Å². The van der Waals surface area contributed by atoms with E-state index in [1.165, 1.54) is 22.8 Å². The Morgan fingerprint density at radius 1 is 0.950 bits per heavy atom. The average molecular weight is 272 g/mol. The first-order valence-corrected chi connectivity index (χ1v) is 6.89. The Bertz CT molecular complexity index is 608. The summed E-state index contributed by atoms with van der Waals surface area (Å²) in [5.74, 6) is -0.265. The Morgan fingerprint density at radius 3 is 2.10 bits per heavy atom. The summed E-state index contributed by atoms with van der Waals surface area (Å²) >= 11 is 0. The largest absolute Gasteiger partial charge is 0.388 e. The third kappa shape index (κ3) is 3.07. The van der Waals surface area contributed by atoms with Gasteiger partial charge in [-0.25, -0.2) is 4.39 Å². The van der Waals surface area contributed by atoms with Gasteiger partial charge in [0.05, 0.1) is 6.10 Å². The van der Waals surface area contributed by atoms with Crippen molar-refractivity contribution in [3.63, 3.8) is 0 Å². The molecule has 2 aromatic rings. The molecule has 0 heterocycles. The summed E-state index contributed by atoms with van der Waals surface area (Å²) in [6.45, 7) is 7.89. The second kappa shape index (κ2) is 5.76. The number of aliphatic hydroxyl groups excluding tert-OH is 1. The van der Waals surface area contributed by atoms with Crippen molar-refractivity contribution < 1.29 is 9.50 Å². The van der Waals surface area contributed by atoms with Gasteiger partial charge in [0, 0.05) is 6.42 Å². The molecule has 106 valence electrons. The fraction of sp³-hybridized carbons (Fsp3) is 0.333. The van der Waals surface area contributed by atoms with Crippen LogP contribution in [0, 0.1) is 33.5 Å². The zero-order valence-corrected chi connectivity index (χ0v) is 12.5. The molecule has 20 heavy (non-hydrogen) atoms. The van der Waals surface area contributed by atoms with E-state index in [2.05, 4.69) is 32.9 Å². The van der Waals surface area contributed by atoms with Gasteiger partial charge >= 0.3 is 0 Å². The van der Waals surface area contributed by atoms with Gasteiger partial charge in [0.2, 0.25) is 0 Å². The van der Waals surface area contributed by atoms with E-state index in [1.54, 1.807) is 19.1 Å². The standard InChI is InChI=1S/C18H21FO/c1-11-7-13(3)16(14(4)8-11)10-18(20)15-6-5-12(2)17(19)9-15/h5-9,18,20H,10H2,1-4H3. The zero-order chi connectivity index (χ0) is 14.9. The average Bonchev–Trinajstić information content (AvgIpc) is 2.36. The molecule has 1 atom stereocenters. The Balaban J connectivity index is 2.27. The van der Waals surface area contributed by atoms with Gasteiger partial charge in [0.1, 0.15) is 5.82 Å². The molecule has 0 fully saturated rings. The van der Waals surface area contributed by atoms with Gasteiger partial charge in [-0.15, -0.1) is 0 Å². The third-order valence-electron chi connectivity index (χ3n) is 3.82. The molecule has 1 nitrogen and oxygen atoms in total. The van der Waals surface area contributed by atoms with Crippen molar-refractivity contribution in [3.05, 3.63) is 69.5 Å². The number of aryl methyl sites for hydroxylation is 4. The predicted molar refractivity (Wildman–Crippen MR) is 80.5 cm³/mol. The predicted octanol–water partition coefficient (Wildman–Crippen LogP) is 4.34. The molecule has 0 amide bonds. The minimum atomic E-state index is -0.676. The van der Waals surface area contributed by atoms with Crippen LogP contribution in [0.4, 0.5) is 4.39 Å². The van der Waals surface area contributed by atoms with Crippen molar-refractivity contribution in [2.24, 2.45) is 0 Å². The molecule has 0 saturated heterocycles. The minimum absolute atomic E-state index is 0.265. The van der Waals surface area contributed by atoms with Crippen LogP contribution in [0.1, 0.15) is 39.5 Å². The number of aliphatic hydroxyl groups is 1. The quantitative estimate of drug-likeness (QED) is 0.881. The maximum Gasteiger partial charge on any atom is 0.126 e. The van der Waals surface area contributed by atoms with Crippen LogP contribution in [0.3, 0.4) is 0 Å². The Hall–Kier alpha value is -1.67. The van der Waals surface area contributed by atoms with Crippen LogP contribution < -0.4 is 0 Å². The van der Waals surface area contributed by atoms with Crippen molar-refractivity contribution in [2.45, 2.75) is 40.2 Å². The molecule has 1 unspecified atom stereocenters. The number of benzene rings is 2. The molecule has 0 spiro atoms. The van der Waals surface area contributed by atoms with Crippen molar-refractivity contribution in [1.29, 1.82) is 0 Å². The monoisotopic (exact) mass is 272 g/mol. The maximum atomic E-state index is 13.6. The van der Waals surface area contributed by atoms with Gasteiger partial charge in [0.25, 0.3) is 0 Å². The highest BCUT2D eigenvalue weighted by Gasteiger charge is 2.13. The van der Waals surface area contributed by atoms with Crippen molar-refractivity contribution in [2.75, 3.05) is 0 Å². The number of hydrogen-bond acceptors (Lipinski definition) is 1. The van der Waals surface area contributed by atoms with Crippen LogP contribution in [0.15, 0.2) is 30.3 Å². The molecule has 1 N–H and O–H groups in total. The minimum Gasteiger partial charge on any atom is -0.388 e.